The lowest BCUT2D eigenvalue weighted by Crippen LogP contribution is -2.36. The van der Waals surface area contributed by atoms with Gasteiger partial charge in [-0.25, -0.2) is 0 Å². The van der Waals surface area contributed by atoms with Crippen LogP contribution in [0, 0.1) is 0 Å². The van der Waals surface area contributed by atoms with Crippen molar-refractivity contribution in [2.24, 2.45) is 0 Å². The zero-order chi connectivity index (χ0) is 14.4. The molecule has 0 bridgehead atoms. The maximum atomic E-state index is 11.7. The standard InChI is InChI=1S/C15H22N2O3/c1-2-20-13-6-3-5-12(11-13)14(15(18)19)17-9-4-7-16-8-10-17/h3,5-6,11,14,16H,2,4,7-10H2,1H3,(H,18,19). The van der Waals surface area contributed by atoms with Crippen LogP contribution in [0.15, 0.2) is 24.3 Å². The summed E-state index contributed by atoms with van der Waals surface area (Å²) in [6.45, 7) is 5.81. The Balaban J connectivity index is 2.22. The van der Waals surface area contributed by atoms with Gasteiger partial charge in [0.1, 0.15) is 11.8 Å². The SMILES string of the molecule is CCOc1cccc(C(C(=O)O)N2CCCNCC2)c1. The number of benzene rings is 1. The van der Waals surface area contributed by atoms with Crippen LogP contribution in [-0.4, -0.2) is 48.8 Å². The van der Waals surface area contributed by atoms with Gasteiger partial charge in [-0.05, 0) is 37.6 Å². The van der Waals surface area contributed by atoms with Crippen LogP contribution in [0.2, 0.25) is 0 Å². The highest BCUT2D eigenvalue weighted by Gasteiger charge is 2.28. The molecular formula is C15H22N2O3. The summed E-state index contributed by atoms with van der Waals surface area (Å²) in [6.07, 6.45) is 0.967. The third kappa shape index (κ3) is 3.71. The first kappa shape index (κ1) is 14.8. The fourth-order valence-electron chi connectivity index (χ4n) is 2.58. The summed E-state index contributed by atoms with van der Waals surface area (Å²) in [5.41, 5.74) is 0.783. The van der Waals surface area contributed by atoms with Gasteiger partial charge in [0, 0.05) is 19.6 Å². The molecule has 1 saturated heterocycles. The fourth-order valence-corrected chi connectivity index (χ4v) is 2.58. The average Bonchev–Trinajstić information content (AvgIpc) is 2.68. The summed E-state index contributed by atoms with van der Waals surface area (Å²) in [6, 6.07) is 6.80. The minimum absolute atomic E-state index is 0.578. The van der Waals surface area contributed by atoms with Crippen LogP contribution in [0.25, 0.3) is 0 Å². The van der Waals surface area contributed by atoms with Gasteiger partial charge < -0.3 is 15.2 Å². The van der Waals surface area contributed by atoms with Crippen LogP contribution in [0.1, 0.15) is 24.9 Å². The van der Waals surface area contributed by atoms with Crippen molar-refractivity contribution in [1.82, 2.24) is 10.2 Å². The Bertz CT molecular complexity index is 442. The molecular weight excluding hydrogens is 256 g/mol. The predicted molar refractivity (Wildman–Crippen MR) is 77.0 cm³/mol. The Hall–Kier alpha value is -1.59. The number of nitrogens with one attached hydrogen (secondary N) is 1. The monoisotopic (exact) mass is 278 g/mol. The minimum Gasteiger partial charge on any atom is -0.494 e. The lowest BCUT2D eigenvalue weighted by Gasteiger charge is -2.27. The quantitative estimate of drug-likeness (QED) is 0.855. The molecule has 0 aromatic heterocycles. The van der Waals surface area contributed by atoms with E-state index in [0.717, 1.165) is 43.9 Å². The van der Waals surface area contributed by atoms with Gasteiger partial charge in [-0.1, -0.05) is 12.1 Å². The van der Waals surface area contributed by atoms with Gasteiger partial charge in [0.25, 0.3) is 0 Å². The van der Waals surface area contributed by atoms with Crippen molar-refractivity contribution in [2.75, 3.05) is 32.8 Å². The second-order valence-electron chi connectivity index (χ2n) is 4.89. The van der Waals surface area contributed by atoms with Gasteiger partial charge in [0.2, 0.25) is 0 Å². The van der Waals surface area contributed by atoms with E-state index in [1.807, 2.05) is 36.1 Å². The maximum Gasteiger partial charge on any atom is 0.325 e. The molecule has 1 atom stereocenters. The zero-order valence-corrected chi connectivity index (χ0v) is 11.8. The molecule has 1 aliphatic heterocycles. The molecule has 0 spiro atoms. The van der Waals surface area contributed by atoms with Crippen molar-refractivity contribution in [3.8, 4) is 5.75 Å². The summed E-state index contributed by atoms with van der Waals surface area (Å²) >= 11 is 0. The van der Waals surface area contributed by atoms with E-state index in [1.54, 1.807) is 0 Å². The smallest absolute Gasteiger partial charge is 0.325 e. The molecule has 0 aliphatic carbocycles. The Morgan fingerprint density at radius 3 is 3.05 bits per heavy atom. The van der Waals surface area contributed by atoms with Gasteiger partial charge >= 0.3 is 5.97 Å². The van der Waals surface area contributed by atoms with E-state index >= 15 is 0 Å². The Labute approximate surface area is 119 Å². The van der Waals surface area contributed by atoms with Crippen LogP contribution in [0.5, 0.6) is 5.75 Å². The molecule has 2 rings (SSSR count). The van der Waals surface area contributed by atoms with E-state index < -0.39 is 12.0 Å². The third-order valence-corrected chi connectivity index (χ3v) is 3.46. The molecule has 0 radical (unpaired) electrons. The van der Waals surface area contributed by atoms with Crippen molar-refractivity contribution < 1.29 is 14.6 Å². The van der Waals surface area contributed by atoms with Gasteiger partial charge in [-0.15, -0.1) is 0 Å². The molecule has 0 amide bonds. The molecule has 20 heavy (non-hydrogen) atoms. The van der Waals surface area contributed by atoms with E-state index in [2.05, 4.69) is 5.32 Å². The number of carbonyl (C=O) groups is 1. The molecule has 1 aromatic carbocycles. The number of carboxylic acids is 1. The number of hydrogen-bond donors (Lipinski definition) is 2. The van der Waals surface area contributed by atoms with E-state index in [1.165, 1.54) is 0 Å². The lowest BCUT2D eigenvalue weighted by atomic mass is 10.0. The summed E-state index contributed by atoms with van der Waals surface area (Å²) < 4.78 is 5.46. The minimum atomic E-state index is -0.805. The highest BCUT2D eigenvalue weighted by molar-refractivity contribution is 5.75. The molecule has 1 unspecified atom stereocenters. The number of ether oxygens (including phenoxy) is 1. The summed E-state index contributed by atoms with van der Waals surface area (Å²) in [5.74, 6) is -0.0789. The van der Waals surface area contributed by atoms with Crippen LogP contribution < -0.4 is 10.1 Å². The molecule has 0 saturated carbocycles. The van der Waals surface area contributed by atoms with Crippen LogP contribution in [0.4, 0.5) is 0 Å². The van der Waals surface area contributed by atoms with E-state index in [9.17, 15) is 9.90 Å². The fraction of sp³-hybridized carbons (Fsp3) is 0.533. The molecule has 1 fully saturated rings. The van der Waals surface area contributed by atoms with Crippen LogP contribution in [-0.2, 0) is 4.79 Å². The number of aliphatic carboxylic acids is 1. The van der Waals surface area contributed by atoms with Crippen molar-refractivity contribution >= 4 is 5.97 Å². The van der Waals surface area contributed by atoms with Crippen LogP contribution >= 0.6 is 0 Å². The lowest BCUT2D eigenvalue weighted by molar-refractivity contribution is -0.143. The zero-order valence-electron chi connectivity index (χ0n) is 11.8. The van der Waals surface area contributed by atoms with Crippen LogP contribution in [0.3, 0.4) is 0 Å². The Morgan fingerprint density at radius 1 is 1.45 bits per heavy atom. The van der Waals surface area contributed by atoms with Crippen molar-refractivity contribution in [2.45, 2.75) is 19.4 Å². The molecule has 1 aromatic rings. The highest BCUT2D eigenvalue weighted by atomic mass is 16.5. The van der Waals surface area contributed by atoms with Gasteiger partial charge in [-0.3, -0.25) is 9.69 Å². The maximum absolute atomic E-state index is 11.7. The van der Waals surface area contributed by atoms with Gasteiger partial charge in [0.05, 0.1) is 6.61 Å². The topological polar surface area (TPSA) is 61.8 Å². The van der Waals surface area contributed by atoms with Crippen molar-refractivity contribution in [3.63, 3.8) is 0 Å². The number of rotatable bonds is 5. The Kier molecular flexibility index (Phi) is 5.38. The van der Waals surface area contributed by atoms with Crippen molar-refractivity contribution in [1.29, 1.82) is 0 Å². The van der Waals surface area contributed by atoms with E-state index in [-0.39, 0.29) is 0 Å². The largest absolute Gasteiger partial charge is 0.494 e. The first-order valence-electron chi connectivity index (χ1n) is 7.12. The van der Waals surface area contributed by atoms with E-state index in [0.29, 0.717) is 6.61 Å². The second kappa shape index (κ2) is 7.26. The summed E-state index contributed by atoms with van der Waals surface area (Å²) in [7, 11) is 0. The van der Waals surface area contributed by atoms with Gasteiger partial charge in [-0.2, -0.15) is 0 Å². The molecule has 2 N–H and O–H groups in total. The molecule has 5 heteroatoms. The Morgan fingerprint density at radius 2 is 2.30 bits per heavy atom. The predicted octanol–water partition coefficient (Wildman–Crippen LogP) is 1.51. The number of carboxylic acid groups (broad SMARTS) is 1. The first-order valence-corrected chi connectivity index (χ1v) is 7.12. The second-order valence-corrected chi connectivity index (χ2v) is 4.89. The van der Waals surface area contributed by atoms with E-state index in [4.69, 9.17) is 4.74 Å². The third-order valence-electron chi connectivity index (χ3n) is 3.46. The number of nitrogens with zero attached hydrogens (tertiary/aromatic N) is 1. The molecule has 1 heterocycles. The normalized spacial score (nSPS) is 18.2. The molecule has 1 aliphatic rings. The van der Waals surface area contributed by atoms with Crippen molar-refractivity contribution in [3.05, 3.63) is 29.8 Å². The first-order chi connectivity index (χ1) is 9.72. The summed E-state index contributed by atoms with van der Waals surface area (Å²) in [5, 5.41) is 12.9. The molecule has 110 valence electrons. The summed E-state index contributed by atoms with van der Waals surface area (Å²) in [4.78, 5) is 13.7. The highest BCUT2D eigenvalue weighted by Crippen LogP contribution is 2.25. The molecule has 5 nitrogen and oxygen atoms in total. The number of hydrogen-bond acceptors (Lipinski definition) is 4. The van der Waals surface area contributed by atoms with Gasteiger partial charge in [0.15, 0.2) is 0 Å². The average molecular weight is 278 g/mol.